The number of para-hydroxylation sites is 1. The normalized spacial score (nSPS) is 11.3. The van der Waals surface area contributed by atoms with Crippen LogP contribution < -0.4 is 0 Å². The van der Waals surface area contributed by atoms with Crippen molar-refractivity contribution < 1.29 is 4.79 Å². The molecule has 1 aromatic carbocycles. The molecule has 0 amide bonds. The summed E-state index contributed by atoms with van der Waals surface area (Å²) in [5.74, 6) is 0.216. The van der Waals surface area contributed by atoms with Crippen LogP contribution in [-0.2, 0) is 0 Å². The highest BCUT2D eigenvalue weighted by Gasteiger charge is 2.15. The summed E-state index contributed by atoms with van der Waals surface area (Å²) in [5, 5.41) is 1.04. The fourth-order valence-electron chi connectivity index (χ4n) is 2.09. The summed E-state index contributed by atoms with van der Waals surface area (Å²) >= 11 is 0. The van der Waals surface area contributed by atoms with Crippen molar-refractivity contribution in [3.8, 4) is 0 Å². The fraction of sp³-hybridized carbons (Fsp3) is 0.357. The van der Waals surface area contributed by atoms with Gasteiger partial charge in [0, 0.05) is 35.1 Å². The van der Waals surface area contributed by atoms with E-state index in [0.29, 0.717) is 6.42 Å². The number of hydrogen-bond acceptors (Lipinski definition) is 2. The van der Waals surface area contributed by atoms with Gasteiger partial charge in [0.05, 0.1) is 0 Å². The molecule has 0 unspecified atom stereocenters. The Morgan fingerprint density at radius 2 is 2.00 bits per heavy atom. The van der Waals surface area contributed by atoms with E-state index < -0.39 is 0 Å². The molecular formula is C14H18N2O. The van der Waals surface area contributed by atoms with Crippen molar-refractivity contribution in [1.29, 1.82) is 0 Å². The zero-order valence-electron chi connectivity index (χ0n) is 10.6. The van der Waals surface area contributed by atoms with E-state index in [4.69, 9.17) is 0 Å². The van der Waals surface area contributed by atoms with Crippen LogP contribution in [0.5, 0.6) is 0 Å². The minimum absolute atomic E-state index is 0.216. The molecule has 0 spiro atoms. The molecule has 0 saturated carbocycles. The molecule has 17 heavy (non-hydrogen) atoms. The summed E-state index contributed by atoms with van der Waals surface area (Å²) < 4.78 is 0. The van der Waals surface area contributed by atoms with Crippen LogP contribution in [0.1, 0.15) is 22.5 Å². The minimum atomic E-state index is 0.216. The number of aromatic nitrogens is 1. The topological polar surface area (TPSA) is 36.1 Å². The van der Waals surface area contributed by atoms with Crippen LogP contribution in [0.3, 0.4) is 0 Å². The highest BCUT2D eigenvalue weighted by Crippen LogP contribution is 2.23. The third kappa shape index (κ3) is 2.39. The van der Waals surface area contributed by atoms with Gasteiger partial charge in [0.2, 0.25) is 0 Å². The molecule has 3 heteroatoms. The van der Waals surface area contributed by atoms with E-state index >= 15 is 0 Å². The first-order valence-electron chi connectivity index (χ1n) is 5.85. The Bertz CT molecular complexity index is 540. The largest absolute Gasteiger partial charge is 0.358 e. The van der Waals surface area contributed by atoms with Crippen molar-refractivity contribution in [3.63, 3.8) is 0 Å². The molecule has 0 aliphatic heterocycles. The Labute approximate surface area is 101 Å². The Morgan fingerprint density at radius 1 is 1.29 bits per heavy atom. The quantitative estimate of drug-likeness (QED) is 0.820. The number of carbonyl (C=O) groups excluding carboxylic acids is 1. The summed E-state index contributed by atoms with van der Waals surface area (Å²) in [5.41, 5.74) is 2.86. The second-order valence-electron chi connectivity index (χ2n) is 4.65. The average molecular weight is 230 g/mol. The van der Waals surface area contributed by atoms with Gasteiger partial charge in [0.15, 0.2) is 5.78 Å². The number of rotatable bonds is 4. The molecule has 1 N–H and O–H groups in total. The molecule has 0 saturated heterocycles. The molecule has 2 rings (SSSR count). The molecule has 90 valence electrons. The summed E-state index contributed by atoms with van der Waals surface area (Å²) in [4.78, 5) is 17.5. The fourth-order valence-corrected chi connectivity index (χ4v) is 2.09. The first kappa shape index (κ1) is 11.9. The second-order valence-corrected chi connectivity index (χ2v) is 4.65. The van der Waals surface area contributed by atoms with Gasteiger partial charge < -0.3 is 9.88 Å². The lowest BCUT2D eigenvalue weighted by molar-refractivity contribution is 0.0973. The van der Waals surface area contributed by atoms with Gasteiger partial charge in [-0.05, 0) is 27.1 Å². The van der Waals surface area contributed by atoms with Crippen LogP contribution in [0.15, 0.2) is 24.3 Å². The molecular weight excluding hydrogens is 212 g/mol. The standard InChI is InChI=1S/C14H18N2O/c1-10-14(13(17)8-9-16(2)3)11-6-4-5-7-12(11)15-10/h4-7,15H,8-9H2,1-3H3. The molecule has 1 heterocycles. The summed E-state index contributed by atoms with van der Waals surface area (Å²) in [7, 11) is 3.96. The van der Waals surface area contributed by atoms with Crippen molar-refractivity contribution >= 4 is 16.7 Å². The molecule has 2 aromatic rings. The number of carbonyl (C=O) groups is 1. The van der Waals surface area contributed by atoms with E-state index in [2.05, 4.69) is 4.98 Å². The lowest BCUT2D eigenvalue weighted by Crippen LogP contribution is -2.16. The Hall–Kier alpha value is -1.61. The Kier molecular flexibility index (Phi) is 3.29. The van der Waals surface area contributed by atoms with E-state index in [0.717, 1.165) is 28.7 Å². The second kappa shape index (κ2) is 4.72. The van der Waals surface area contributed by atoms with Crippen LogP contribution in [0.2, 0.25) is 0 Å². The maximum atomic E-state index is 12.2. The van der Waals surface area contributed by atoms with Crippen molar-refractivity contribution in [1.82, 2.24) is 9.88 Å². The van der Waals surface area contributed by atoms with Crippen molar-refractivity contribution in [2.24, 2.45) is 0 Å². The van der Waals surface area contributed by atoms with Gasteiger partial charge in [0.1, 0.15) is 0 Å². The molecule has 0 fully saturated rings. The highest BCUT2D eigenvalue weighted by atomic mass is 16.1. The third-order valence-electron chi connectivity index (χ3n) is 2.96. The molecule has 3 nitrogen and oxygen atoms in total. The summed E-state index contributed by atoms with van der Waals surface area (Å²) in [6.07, 6.45) is 0.565. The number of H-pyrrole nitrogens is 1. The Morgan fingerprint density at radius 3 is 2.71 bits per heavy atom. The predicted molar refractivity (Wildman–Crippen MR) is 70.5 cm³/mol. The number of nitrogens with one attached hydrogen (secondary N) is 1. The lowest BCUT2D eigenvalue weighted by atomic mass is 10.0. The lowest BCUT2D eigenvalue weighted by Gasteiger charge is -2.08. The van der Waals surface area contributed by atoms with Crippen molar-refractivity contribution in [3.05, 3.63) is 35.5 Å². The Balaban J connectivity index is 2.34. The van der Waals surface area contributed by atoms with E-state index in [1.165, 1.54) is 0 Å². The predicted octanol–water partition coefficient (Wildman–Crippen LogP) is 2.61. The summed E-state index contributed by atoms with van der Waals surface area (Å²) in [6, 6.07) is 7.96. The molecule has 0 radical (unpaired) electrons. The van der Waals surface area contributed by atoms with Gasteiger partial charge >= 0.3 is 0 Å². The number of hydrogen-bond donors (Lipinski definition) is 1. The van der Waals surface area contributed by atoms with Crippen LogP contribution >= 0.6 is 0 Å². The van der Waals surface area contributed by atoms with Gasteiger partial charge in [0.25, 0.3) is 0 Å². The van der Waals surface area contributed by atoms with Crippen LogP contribution in [-0.4, -0.2) is 36.3 Å². The molecule has 1 aromatic heterocycles. The monoisotopic (exact) mass is 230 g/mol. The van der Waals surface area contributed by atoms with E-state index in [-0.39, 0.29) is 5.78 Å². The maximum absolute atomic E-state index is 12.2. The zero-order chi connectivity index (χ0) is 12.4. The van der Waals surface area contributed by atoms with Gasteiger partial charge in [-0.15, -0.1) is 0 Å². The van der Waals surface area contributed by atoms with Crippen LogP contribution in [0.4, 0.5) is 0 Å². The molecule has 0 aliphatic carbocycles. The van der Waals surface area contributed by atoms with E-state index in [9.17, 15) is 4.79 Å². The SMILES string of the molecule is Cc1[nH]c2ccccc2c1C(=O)CCN(C)C. The smallest absolute Gasteiger partial charge is 0.166 e. The third-order valence-corrected chi connectivity index (χ3v) is 2.96. The number of fused-ring (bicyclic) bond motifs is 1. The summed E-state index contributed by atoms with van der Waals surface area (Å²) in [6.45, 7) is 2.75. The number of Topliss-reactive ketones (excluding diaryl/α,β-unsaturated/α-hetero) is 1. The molecule has 0 atom stereocenters. The number of benzene rings is 1. The van der Waals surface area contributed by atoms with E-state index in [1.54, 1.807) is 0 Å². The molecule has 0 bridgehead atoms. The average Bonchev–Trinajstić information content (AvgIpc) is 2.61. The van der Waals surface area contributed by atoms with Gasteiger partial charge in [-0.25, -0.2) is 0 Å². The van der Waals surface area contributed by atoms with Gasteiger partial charge in [-0.1, -0.05) is 18.2 Å². The zero-order valence-corrected chi connectivity index (χ0v) is 10.6. The number of nitrogens with zero attached hydrogens (tertiary/aromatic N) is 1. The minimum Gasteiger partial charge on any atom is -0.358 e. The highest BCUT2D eigenvalue weighted by molar-refractivity contribution is 6.09. The maximum Gasteiger partial charge on any atom is 0.166 e. The first-order valence-corrected chi connectivity index (χ1v) is 5.85. The number of ketones is 1. The van der Waals surface area contributed by atoms with Gasteiger partial charge in [-0.3, -0.25) is 4.79 Å². The van der Waals surface area contributed by atoms with Crippen LogP contribution in [0.25, 0.3) is 10.9 Å². The van der Waals surface area contributed by atoms with Crippen molar-refractivity contribution in [2.75, 3.05) is 20.6 Å². The van der Waals surface area contributed by atoms with Crippen molar-refractivity contribution in [2.45, 2.75) is 13.3 Å². The molecule has 0 aliphatic rings. The van der Waals surface area contributed by atoms with E-state index in [1.807, 2.05) is 50.2 Å². The number of aromatic amines is 1. The van der Waals surface area contributed by atoms with Crippen LogP contribution in [0, 0.1) is 6.92 Å². The first-order chi connectivity index (χ1) is 8.09. The number of aryl methyl sites for hydroxylation is 1. The van der Waals surface area contributed by atoms with Gasteiger partial charge in [-0.2, -0.15) is 0 Å².